The van der Waals surface area contributed by atoms with Crippen LogP contribution in [0.3, 0.4) is 0 Å². The molecule has 2 aromatic rings. The molecule has 23 heavy (non-hydrogen) atoms. The van der Waals surface area contributed by atoms with Crippen molar-refractivity contribution in [2.75, 3.05) is 0 Å². The van der Waals surface area contributed by atoms with Gasteiger partial charge in [0.2, 0.25) is 5.30 Å². The molecular formula is C18H14O4P+. The lowest BCUT2D eigenvalue weighted by Crippen LogP contribution is -2.19. The first-order valence-electron chi connectivity index (χ1n) is 7.53. The summed E-state index contributed by atoms with van der Waals surface area (Å²) in [6.45, 7) is 0. The summed E-state index contributed by atoms with van der Waals surface area (Å²) in [5.41, 5.74) is 4.05. The zero-order chi connectivity index (χ0) is 16.0. The number of carbonyl (C=O) groups is 2. The molecule has 5 heteroatoms. The Bertz CT molecular complexity index is 856. The van der Waals surface area contributed by atoms with Gasteiger partial charge >= 0.3 is 19.7 Å². The fraction of sp³-hybridized carbons (Fsp3) is 0.222. The second kappa shape index (κ2) is 5.39. The minimum Gasteiger partial charge on any atom is -0.393 e. The van der Waals surface area contributed by atoms with Gasteiger partial charge in [-0.3, -0.25) is 9.59 Å². The summed E-state index contributed by atoms with van der Waals surface area (Å²) in [5.74, 6) is -1.41. The minimum atomic E-state index is -1.55. The van der Waals surface area contributed by atoms with Crippen LogP contribution >= 0.6 is 7.80 Å². The van der Waals surface area contributed by atoms with E-state index in [0.717, 1.165) is 27.6 Å². The molecule has 2 aliphatic heterocycles. The van der Waals surface area contributed by atoms with Gasteiger partial charge in [-0.15, -0.1) is 0 Å². The standard InChI is InChI=1S/C18H14O4P/c19-16-9-13(18(20)22-16)8-11-5-3-7-15-14-6-2-1-4-12(14)10-23(21)17(11)15/h1-7,13H,8-10H2/q+1. The Morgan fingerprint density at radius 3 is 2.61 bits per heavy atom. The molecule has 1 saturated heterocycles. The first-order valence-corrected chi connectivity index (χ1v) is 8.97. The van der Waals surface area contributed by atoms with Crippen LogP contribution in [0.4, 0.5) is 0 Å². The zero-order valence-electron chi connectivity index (χ0n) is 12.3. The molecule has 0 N–H and O–H groups in total. The maximum Gasteiger partial charge on any atom is 0.382 e. The summed E-state index contributed by atoms with van der Waals surface area (Å²) in [5, 5.41) is 0.827. The number of esters is 2. The third kappa shape index (κ3) is 2.40. The van der Waals surface area contributed by atoms with E-state index in [0.29, 0.717) is 12.6 Å². The van der Waals surface area contributed by atoms with Crippen molar-refractivity contribution >= 4 is 25.0 Å². The molecule has 2 aromatic carbocycles. The molecule has 2 aliphatic rings. The number of cyclic esters (lactones) is 2. The van der Waals surface area contributed by atoms with E-state index in [-0.39, 0.29) is 6.42 Å². The molecule has 114 valence electrons. The molecule has 2 heterocycles. The van der Waals surface area contributed by atoms with Gasteiger partial charge in [0.05, 0.1) is 12.3 Å². The number of hydrogen-bond acceptors (Lipinski definition) is 4. The molecule has 4 nitrogen and oxygen atoms in total. The van der Waals surface area contributed by atoms with Crippen molar-refractivity contribution in [3.8, 4) is 11.1 Å². The van der Waals surface area contributed by atoms with Gasteiger partial charge in [-0.1, -0.05) is 41.0 Å². The third-order valence-corrected chi connectivity index (χ3v) is 6.07. The Hall–Kier alpha value is -2.32. The van der Waals surface area contributed by atoms with E-state index in [2.05, 4.69) is 4.74 Å². The highest BCUT2D eigenvalue weighted by atomic mass is 31.1. The minimum absolute atomic E-state index is 0.107. The Kier molecular flexibility index (Phi) is 3.35. The lowest BCUT2D eigenvalue weighted by atomic mass is 9.93. The third-order valence-electron chi connectivity index (χ3n) is 4.42. The highest BCUT2D eigenvalue weighted by molar-refractivity contribution is 7.53. The van der Waals surface area contributed by atoms with Crippen molar-refractivity contribution in [3.05, 3.63) is 53.6 Å². The monoisotopic (exact) mass is 325 g/mol. The van der Waals surface area contributed by atoms with Crippen molar-refractivity contribution < 1.29 is 18.9 Å². The van der Waals surface area contributed by atoms with E-state index in [1.807, 2.05) is 42.5 Å². The first kappa shape index (κ1) is 14.3. The zero-order valence-corrected chi connectivity index (χ0v) is 13.2. The number of fused-ring (bicyclic) bond motifs is 3. The van der Waals surface area contributed by atoms with Crippen LogP contribution in [-0.2, 0) is 31.5 Å². The predicted molar refractivity (Wildman–Crippen MR) is 85.7 cm³/mol. The van der Waals surface area contributed by atoms with Crippen LogP contribution in [0.1, 0.15) is 17.5 Å². The van der Waals surface area contributed by atoms with Crippen molar-refractivity contribution in [1.82, 2.24) is 0 Å². The van der Waals surface area contributed by atoms with E-state index in [4.69, 9.17) is 0 Å². The second-order valence-corrected chi connectivity index (χ2v) is 7.43. The maximum atomic E-state index is 12.8. The van der Waals surface area contributed by atoms with Crippen LogP contribution in [0.2, 0.25) is 0 Å². The Morgan fingerprint density at radius 2 is 1.83 bits per heavy atom. The number of carbonyl (C=O) groups excluding carboxylic acids is 2. The van der Waals surface area contributed by atoms with Crippen LogP contribution in [0.25, 0.3) is 11.1 Å². The number of ether oxygens (including phenoxy) is 1. The molecular weight excluding hydrogens is 311 g/mol. The van der Waals surface area contributed by atoms with Gasteiger partial charge in [0.15, 0.2) is 6.16 Å². The molecule has 0 aromatic heterocycles. The van der Waals surface area contributed by atoms with Crippen LogP contribution in [0.5, 0.6) is 0 Å². The molecule has 0 saturated carbocycles. The summed E-state index contributed by atoms with van der Waals surface area (Å²) in [7, 11) is -1.55. The van der Waals surface area contributed by atoms with Gasteiger partial charge in [0.25, 0.3) is 0 Å². The molecule has 4 rings (SSSR count). The highest BCUT2D eigenvalue weighted by Crippen LogP contribution is 2.41. The van der Waals surface area contributed by atoms with Gasteiger partial charge in [-0.2, -0.15) is 0 Å². The second-order valence-electron chi connectivity index (χ2n) is 5.91. The van der Waals surface area contributed by atoms with E-state index in [9.17, 15) is 14.2 Å². The normalized spacial score (nSPS) is 20.9. The summed E-state index contributed by atoms with van der Waals surface area (Å²) in [6, 6.07) is 13.8. The fourth-order valence-corrected chi connectivity index (χ4v) is 5.06. The summed E-state index contributed by atoms with van der Waals surface area (Å²) < 4.78 is 17.4. The molecule has 0 amide bonds. The van der Waals surface area contributed by atoms with Crippen molar-refractivity contribution in [2.24, 2.45) is 5.92 Å². The predicted octanol–water partition coefficient (Wildman–Crippen LogP) is 2.95. The fourth-order valence-electron chi connectivity index (χ4n) is 3.37. The summed E-state index contributed by atoms with van der Waals surface area (Å²) >= 11 is 0. The summed E-state index contributed by atoms with van der Waals surface area (Å²) in [6.07, 6.45) is 1.02. The molecule has 0 spiro atoms. The highest BCUT2D eigenvalue weighted by Gasteiger charge is 2.38. The smallest absolute Gasteiger partial charge is 0.382 e. The largest absolute Gasteiger partial charge is 0.393 e. The van der Waals surface area contributed by atoms with E-state index in [1.165, 1.54) is 0 Å². The van der Waals surface area contributed by atoms with Crippen LogP contribution in [0.15, 0.2) is 42.5 Å². The summed E-state index contributed by atoms with van der Waals surface area (Å²) in [4.78, 5) is 23.0. The first-order chi connectivity index (χ1) is 11.1. The van der Waals surface area contributed by atoms with E-state index in [1.54, 1.807) is 0 Å². The Balaban J connectivity index is 1.78. The molecule has 0 aliphatic carbocycles. The van der Waals surface area contributed by atoms with Crippen molar-refractivity contribution in [3.63, 3.8) is 0 Å². The van der Waals surface area contributed by atoms with Crippen LogP contribution < -0.4 is 5.30 Å². The van der Waals surface area contributed by atoms with Gasteiger partial charge < -0.3 is 4.74 Å². The maximum absolute atomic E-state index is 12.8. The van der Waals surface area contributed by atoms with Gasteiger partial charge in [0, 0.05) is 16.7 Å². The number of hydrogen-bond donors (Lipinski definition) is 0. The average molecular weight is 325 g/mol. The van der Waals surface area contributed by atoms with Crippen molar-refractivity contribution in [2.45, 2.75) is 19.0 Å². The Labute approximate surface area is 134 Å². The van der Waals surface area contributed by atoms with E-state index >= 15 is 0 Å². The molecule has 2 atom stereocenters. The molecule has 0 radical (unpaired) electrons. The van der Waals surface area contributed by atoms with Gasteiger partial charge in [0.1, 0.15) is 0 Å². The SMILES string of the molecule is O=C1CC(Cc2cccc3c2[P+](=O)Cc2ccccc2-3)C(=O)O1. The number of rotatable bonds is 2. The molecule has 2 unspecified atom stereocenters. The van der Waals surface area contributed by atoms with Gasteiger partial charge in [-0.05, 0) is 18.1 Å². The van der Waals surface area contributed by atoms with E-state index < -0.39 is 25.7 Å². The van der Waals surface area contributed by atoms with Crippen LogP contribution in [0, 0.1) is 5.92 Å². The lowest BCUT2D eigenvalue weighted by molar-refractivity contribution is -0.153. The molecule has 1 fully saturated rings. The van der Waals surface area contributed by atoms with Crippen molar-refractivity contribution in [1.29, 1.82) is 0 Å². The topological polar surface area (TPSA) is 60.4 Å². The lowest BCUT2D eigenvalue weighted by Gasteiger charge is -2.15. The Morgan fingerprint density at radius 1 is 1.04 bits per heavy atom. The number of benzene rings is 2. The van der Waals surface area contributed by atoms with Gasteiger partial charge in [-0.25, -0.2) is 0 Å². The van der Waals surface area contributed by atoms with Crippen LogP contribution in [-0.4, -0.2) is 11.9 Å². The molecule has 0 bridgehead atoms. The quantitative estimate of drug-likeness (QED) is 0.484. The average Bonchev–Trinajstić information content (AvgIpc) is 2.85.